The lowest BCUT2D eigenvalue weighted by Gasteiger charge is -2.26. The van der Waals surface area contributed by atoms with Gasteiger partial charge in [-0.25, -0.2) is 4.39 Å². The number of hydrogen-bond donors (Lipinski definition) is 2. The molecule has 3 aromatic carbocycles. The third-order valence-electron chi connectivity index (χ3n) is 6.66. The fourth-order valence-corrected chi connectivity index (χ4v) is 4.81. The quantitative estimate of drug-likeness (QED) is 0.287. The van der Waals surface area contributed by atoms with Crippen molar-refractivity contribution >= 4 is 28.2 Å². The number of benzene rings is 3. The smallest absolute Gasteiger partial charge is 0.253 e. The van der Waals surface area contributed by atoms with E-state index in [-0.39, 0.29) is 17.9 Å². The first-order chi connectivity index (χ1) is 19.4. The Morgan fingerprint density at radius 3 is 2.38 bits per heavy atom. The summed E-state index contributed by atoms with van der Waals surface area (Å²) in [5.74, 6) is 2.27. The number of thiocarbonyl (C=S) groups is 1. The van der Waals surface area contributed by atoms with E-state index in [1.54, 1.807) is 32.4 Å². The van der Waals surface area contributed by atoms with Gasteiger partial charge in [0.05, 0.1) is 26.3 Å². The fraction of sp³-hybridized carbons (Fsp3) is 0.267. The molecule has 0 atom stereocenters. The van der Waals surface area contributed by atoms with Gasteiger partial charge in [-0.15, -0.1) is 0 Å². The summed E-state index contributed by atoms with van der Waals surface area (Å²) in [4.78, 5) is 17.9. The summed E-state index contributed by atoms with van der Waals surface area (Å²) in [6, 6.07) is 17.5. The molecule has 40 heavy (non-hydrogen) atoms. The van der Waals surface area contributed by atoms with E-state index in [9.17, 15) is 9.18 Å². The van der Waals surface area contributed by atoms with Crippen LogP contribution in [0.5, 0.6) is 23.0 Å². The van der Waals surface area contributed by atoms with Gasteiger partial charge >= 0.3 is 0 Å². The maximum Gasteiger partial charge on any atom is 0.253 e. The van der Waals surface area contributed by atoms with Gasteiger partial charge in [-0.05, 0) is 66.2 Å². The van der Waals surface area contributed by atoms with Gasteiger partial charge in [0, 0.05) is 30.1 Å². The zero-order valence-corrected chi connectivity index (χ0v) is 23.1. The second kappa shape index (κ2) is 12.3. The minimum atomic E-state index is -0.313. The van der Waals surface area contributed by atoms with E-state index < -0.39 is 0 Å². The number of ether oxygens (including phenoxy) is 4. The van der Waals surface area contributed by atoms with E-state index in [1.165, 1.54) is 12.1 Å². The zero-order valence-electron chi connectivity index (χ0n) is 22.3. The van der Waals surface area contributed by atoms with Gasteiger partial charge in [0.15, 0.2) is 28.1 Å². The van der Waals surface area contributed by atoms with Crippen LogP contribution < -0.4 is 29.8 Å². The number of fused-ring (bicyclic) bond motifs is 2. The van der Waals surface area contributed by atoms with E-state index in [2.05, 4.69) is 10.3 Å². The number of aromatic nitrogens is 1. The van der Waals surface area contributed by atoms with Crippen LogP contribution in [0.1, 0.15) is 16.7 Å². The van der Waals surface area contributed by atoms with Gasteiger partial charge in [-0.1, -0.05) is 18.2 Å². The number of aromatic amines is 1. The molecule has 2 heterocycles. The molecular weight excluding hydrogens is 533 g/mol. The van der Waals surface area contributed by atoms with E-state index in [0.29, 0.717) is 71.9 Å². The Kier molecular flexibility index (Phi) is 8.35. The minimum absolute atomic E-state index is 0.221. The Labute approximate surface area is 236 Å². The van der Waals surface area contributed by atoms with Crippen molar-refractivity contribution in [2.24, 2.45) is 0 Å². The van der Waals surface area contributed by atoms with Crippen LogP contribution in [0, 0.1) is 5.82 Å². The number of halogens is 1. The molecule has 10 heteroatoms. The number of nitrogens with one attached hydrogen (secondary N) is 2. The van der Waals surface area contributed by atoms with Crippen LogP contribution in [0.25, 0.3) is 10.9 Å². The molecule has 0 saturated carbocycles. The highest BCUT2D eigenvalue weighted by atomic mass is 32.1. The first kappa shape index (κ1) is 27.3. The molecule has 0 unspecified atom stereocenters. The molecule has 0 saturated heterocycles. The van der Waals surface area contributed by atoms with Gasteiger partial charge in [0.1, 0.15) is 19.0 Å². The normalized spacial score (nSPS) is 12.2. The van der Waals surface area contributed by atoms with Crippen LogP contribution >= 0.6 is 12.2 Å². The second-order valence-corrected chi connectivity index (χ2v) is 9.75. The summed E-state index contributed by atoms with van der Waals surface area (Å²) < 4.78 is 35.6. The third kappa shape index (κ3) is 6.28. The summed E-state index contributed by atoms with van der Waals surface area (Å²) in [6.45, 7) is 2.14. The van der Waals surface area contributed by atoms with E-state index >= 15 is 0 Å². The highest BCUT2D eigenvalue weighted by Gasteiger charge is 2.17. The molecule has 8 nitrogen and oxygen atoms in total. The van der Waals surface area contributed by atoms with Crippen LogP contribution in [0.4, 0.5) is 4.39 Å². The second-order valence-electron chi connectivity index (χ2n) is 9.36. The van der Waals surface area contributed by atoms with Crippen LogP contribution in [0.2, 0.25) is 0 Å². The third-order valence-corrected chi connectivity index (χ3v) is 7.06. The van der Waals surface area contributed by atoms with Crippen molar-refractivity contribution in [1.82, 2.24) is 15.2 Å². The Balaban J connectivity index is 1.35. The molecule has 1 aliphatic rings. The Morgan fingerprint density at radius 2 is 1.65 bits per heavy atom. The van der Waals surface area contributed by atoms with Gasteiger partial charge in [-0.2, -0.15) is 0 Å². The summed E-state index contributed by atoms with van der Waals surface area (Å²) in [5.41, 5.74) is 2.90. The first-order valence-electron chi connectivity index (χ1n) is 12.9. The molecule has 208 valence electrons. The lowest BCUT2D eigenvalue weighted by molar-refractivity contribution is 0.172. The Hall–Kier alpha value is -4.31. The fourth-order valence-electron chi connectivity index (χ4n) is 4.58. The number of rotatable bonds is 9. The van der Waals surface area contributed by atoms with Crippen molar-refractivity contribution in [3.8, 4) is 23.0 Å². The molecule has 2 N–H and O–H groups in total. The minimum Gasteiger partial charge on any atom is -0.493 e. The average molecular weight is 564 g/mol. The zero-order chi connectivity index (χ0) is 28.1. The standard InChI is InChI=1S/C30H30FN3O5S/c1-36-25-8-5-19(13-26(25)37-2)9-10-32-30(40)34(17-20-3-6-23(31)7-4-20)18-22-14-21-15-27-28(39-12-11-38-27)16-24(21)33-29(22)35/h3-8,13-16H,9-12,17-18H2,1-2H3,(H,32,40)(H,33,35). The molecule has 0 spiro atoms. The van der Waals surface area contributed by atoms with E-state index in [0.717, 1.165) is 16.5 Å². The molecule has 4 aromatic rings. The molecule has 0 amide bonds. The molecular formula is C30H30FN3O5S. The van der Waals surface area contributed by atoms with Crippen molar-refractivity contribution < 1.29 is 23.3 Å². The van der Waals surface area contributed by atoms with E-state index in [1.807, 2.05) is 35.2 Å². The maximum atomic E-state index is 13.5. The predicted molar refractivity (Wildman–Crippen MR) is 155 cm³/mol. The van der Waals surface area contributed by atoms with Crippen LogP contribution in [-0.2, 0) is 19.5 Å². The summed E-state index contributed by atoms with van der Waals surface area (Å²) in [7, 11) is 3.20. The van der Waals surface area contributed by atoms with Gasteiger partial charge in [0.25, 0.3) is 5.56 Å². The molecule has 0 aliphatic carbocycles. The van der Waals surface area contributed by atoms with Crippen molar-refractivity contribution in [2.45, 2.75) is 19.5 Å². The van der Waals surface area contributed by atoms with Crippen LogP contribution in [0.15, 0.2) is 65.5 Å². The van der Waals surface area contributed by atoms with Crippen molar-refractivity contribution in [3.63, 3.8) is 0 Å². The molecule has 0 bridgehead atoms. The largest absolute Gasteiger partial charge is 0.493 e. The molecule has 1 aliphatic heterocycles. The average Bonchev–Trinajstić information content (AvgIpc) is 2.97. The van der Waals surface area contributed by atoms with E-state index in [4.69, 9.17) is 31.2 Å². The number of methoxy groups -OCH3 is 2. The van der Waals surface area contributed by atoms with Gasteiger partial charge < -0.3 is 34.1 Å². The molecule has 0 fully saturated rings. The lowest BCUT2D eigenvalue weighted by Crippen LogP contribution is -2.40. The van der Waals surface area contributed by atoms with Gasteiger partial charge in [0.2, 0.25) is 0 Å². The lowest BCUT2D eigenvalue weighted by atomic mass is 10.1. The van der Waals surface area contributed by atoms with Crippen LogP contribution in [0.3, 0.4) is 0 Å². The number of pyridine rings is 1. The number of hydrogen-bond acceptors (Lipinski definition) is 6. The first-order valence-corrected chi connectivity index (χ1v) is 13.3. The summed E-state index contributed by atoms with van der Waals surface area (Å²) >= 11 is 5.77. The van der Waals surface area contributed by atoms with Crippen molar-refractivity contribution in [1.29, 1.82) is 0 Å². The number of H-pyrrole nitrogens is 1. The molecule has 0 radical (unpaired) electrons. The molecule has 5 rings (SSSR count). The predicted octanol–water partition coefficient (Wildman–Crippen LogP) is 4.58. The summed E-state index contributed by atoms with van der Waals surface area (Å²) in [5, 5.41) is 4.61. The van der Waals surface area contributed by atoms with Crippen LogP contribution in [-0.4, -0.2) is 49.0 Å². The summed E-state index contributed by atoms with van der Waals surface area (Å²) in [6.07, 6.45) is 0.689. The highest BCUT2D eigenvalue weighted by molar-refractivity contribution is 7.80. The van der Waals surface area contributed by atoms with Gasteiger partial charge in [-0.3, -0.25) is 4.79 Å². The highest BCUT2D eigenvalue weighted by Crippen LogP contribution is 2.34. The van der Waals surface area contributed by atoms with Crippen molar-refractivity contribution in [2.75, 3.05) is 34.0 Å². The monoisotopic (exact) mass is 563 g/mol. The Morgan fingerprint density at radius 1 is 0.950 bits per heavy atom. The SMILES string of the molecule is COc1ccc(CCNC(=S)N(Cc2ccc(F)cc2)Cc2cc3cc4c(cc3[nH]c2=O)OCCO4)cc1OC. The number of nitrogens with zero attached hydrogens (tertiary/aromatic N) is 1. The van der Waals surface area contributed by atoms with Crippen molar-refractivity contribution in [3.05, 3.63) is 93.5 Å². The Bertz CT molecular complexity index is 1570. The topological polar surface area (TPSA) is 85.1 Å². The maximum absolute atomic E-state index is 13.5. The molecule has 1 aromatic heterocycles.